The summed E-state index contributed by atoms with van der Waals surface area (Å²) in [6, 6.07) is 5.97. The Morgan fingerprint density at radius 3 is 2.29 bits per heavy atom. The summed E-state index contributed by atoms with van der Waals surface area (Å²) in [7, 11) is -0.0702. The van der Waals surface area contributed by atoms with Gasteiger partial charge >= 0.3 is 0 Å². The first-order valence-electron chi connectivity index (χ1n) is 6.85. The first kappa shape index (κ1) is 17.5. The van der Waals surface area contributed by atoms with Gasteiger partial charge in [-0.05, 0) is 37.6 Å². The van der Waals surface area contributed by atoms with Crippen LogP contribution >= 0.6 is 0 Å². The Hall–Kier alpha value is -1.60. The van der Waals surface area contributed by atoms with Crippen LogP contribution in [0.3, 0.4) is 0 Å². The van der Waals surface area contributed by atoms with Crippen molar-refractivity contribution in [2.75, 3.05) is 26.0 Å². The lowest BCUT2D eigenvalue weighted by Gasteiger charge is -2.19. The van der Waals surface area contributed by atoms with E-state index >= 15 is 0 Å². The topological polar surface area (TPSA) is 78.5 Å². The van der Waals surface area contributed by atoms with Crippen molar-refractivity contribution in [3.63, 3.8) is 0 Å². The molecule has 0 fully saturated rings. The van der Waals surface area contributed by atoms with Gasteiger partial charge in [0.2, 0.25) is 15.9 Å². The zero-order valence-corrected chi connectivity index (χ0v) is 13.7. The summed E-state index contributed by atoms with van der Waals surface area (Å²) in [6.07, 6.45) is 0.739. The number of hydrogen-bond donors (Lipinski definition) is 2. The van der Waals surface area contributed by atoms with Gasteiger partial charge in [0.1, 0.15) is 6.04 Å². The summed E-state index contributed by atoms with van der Waals surface area (Å²) in [6.45, 7) is 4.07. The van der Waals surface area contributed by atoms with Crippen LogP contribution in [-0.4, -0.2) is 45.9 Å². The number of benzene rings is 1. The molecule has 0 heterocycles. The van der Waals surface area contributed by atoms with Crippen LogP contribution in [0.2, 0.25) is 0 Å². The van der Waals surface area contributed by atoms with E-state index in [0.29, 0.717) is 12.2 Å². The summed E-state index contributed by atoms with van der Waals surface area (Å²) < 4.78 is 26.4. The van der Waals surface area contributed by atoms with Gasteiger partial charge < -0.3 is 10.2 Å². The van der Waals surface area contributed by atoms with Crippen LogP contribution in [0.4, 0.5) is 5.69 Å². The first-order valence-corrected chi connectivity index (χ1v) is 8.33. The van der Waals surface area contributed by atoms with E-state index < -0.39 is 10.0 Å². The maximum Gasteiger partial charge on any atom is 0.244 e. The number of sulfonamides is 1. The first-order chi connectivity index (χ1) is 9.77. The predicted octanol–water partition coefficient (Wildman–Crippen LogP) is 1.26. The molecule has 6 nitrogen and oxygen atoms in total. The lowest BCUT2D eigenvalue weighted by molar-refractivity contribution is -0.129. The average Bonchev–Trinajstić information content (AvgIpc) is 2.44. The minimum Gasteiger partial charge on any atom is -0.374 e. The third kappa shape index (κ3) is 5.02. The number of rotatable bonds is 7. The second-order valence-corrected chi connectivity index (χ2v) is 6.79. The predicted molar refractivity (Wildman–Crippen MR) is 83.7 cm³/mol. The van der Waals surface area contributed by atoms with Gasteiger partial charge in [0, 0.05) is 26.3 Å². The van der Waals surface area contributed by atoms with Crippen LogP contribution in [0, 0.1) is 0 Å². The van der Waals surface area contributed by atoms with Gasteiger partial charge in [-0.1, -0.05) is 6.92 Å². The minimum atomic E-state index is -3.45. The van der Waals surface area contributed by atoms with E-state index in [2.05, 4.69) is 10.0 Å². The third-order valence-corrected chi connectivity index (χ3v) is 4.38. The van der Waals surface area contributed by atoms with E-state index in [1.165, 1.54) is 17.0 Å². The number of carbonyl (C=O) groups is 1. The van der Waals surface area contributed by atoms with Gasteiger partial charge in [0.15, 0.2) is 0 Å². The Morgan fingerprint density at radius 2 is 1.81 bits per heavy atom. The van der Waals surface area contributed by atoms with Crippen molar-refractivity contribution in [2.45, 2.75) is 31.2 Å². The smallest absolute Gasteiger partial charge is 0.244 e. The molecule has 0 aliphatic heterocycles. The molecule has 1 atom stereocenters. The fraction of sp³-hybridized carbons (Fsp3) is 0.500. The van der Waals surface area contributed by atoms with Crippen LogP contribution in [-0.2, 0) is 14.8 Å². The van der Waals surface area contributed by atoms with Gasteiger partial charge in [-0.15, -0.1) is 0 Å². The molecule has 0 spiro atoms. The molecule has 0 radical (unpaired) electrons. The van der Waals surface area contributed by atoms with Gasteiger partial charge in [0.25, 0.3) is 0 Å². The van der Waals surface area contributed by atoms with E-state index in [1.807, 2.05) is 6.92 Å². The van der Waals surface area contributed by atoms with Crippen LogP contribution in [0.25, 0.3) is 0 Å². The number of hydrogen-bond acceptors (Lipinski definition) is 4. The normalized spacial score (nSPS) is 12.8. The maximum atomic E-state index is 11.9. The quantitative estimate of drug-likeness (QED) is 0.794. The zero-order valence-electron chi connectivity index (χ0n) is 12.9. The number of likely N-dealkylation sites (N-methyl/N-ethyl adjacent to an activating group) is 1. The fourth-order valence-corrected chi connectivity index (χ4v) is 2.88. The molecule has 0 aliphatic carbocycles. The van der Waals surface area contributed by atoms with E-state index in [1.54, 1.807) is 33.2 Å². The van der Waals surface area contributed by atoms with Gasteiger partial charge in [0.05, 0.1) is 4.90 Å². The Kier molecular flexibility index (Phi) is 6.17. The summed E-state index contributed by atoms with van der Waals surface area (Å²) in [5.41, 5.74) is 0.701. The van der Waals surface area contributed by atoms with Crippen molar-refractivity contribution in [2.24, 2.45) is 0 Å². The largest absolute Gasteiger partial charge is 0.374 e. The highest BCUT2D eigenvalue weighted by atomic mass is 32.2. The van der Waals surface area contributed by atoms with Crippen LogP contribution in [0.5, 0.6) is 0 Å². The molecule has 0 aliphatic rings. The molecule has 0 bridgehead atoms. The Morgan fingerprint density at radius 1 is 1.24 bits per heavy atom. The molecule has 1 unspecified atom stereocenters. The van der Waals surface area contributed by atoms with Crippen molar-refractivity contribution in [3.8, 4) is 0 Å². The number of nitrogens with one attached hydrogen (secondary N) is 2. The molecule has 21 heavy (non-hydrogen) atoms. The van der Waals surface area contributed by atoms with Crippen LogP contribution < -0.4 is 10.0 Å². The molecule has 118 valence electrons. The molecule has 7 heteroatoms. The standard InChI is InChI=1S/C14H23N3O3S/c1-5-10-15-21(19,20)13-8-6-12(7-9-13)16-11(2)14(18)17(3)4/h6-9,11,15-16H,5,10H2,1-4H3. The molecular weight excluding hydrogens is 290 g/mol. The minimum absolute atomic E-state index is 0.0451. The Bertz CT molecular complexity index is 568. The molecule has 0 saturated carbocycles. The van der Waals surface area contributed by atoms with Crippen molar-refractivity contribution < 1.29 is 13.2 Å². The molecule has 1 aromatic rings. The second kappa shape index (κ2) is 7.42. The highest BCUT2D eigenvalue weighted by Crippen LogP contribution is 2.15. The number of nitrogens with zero attached hydrogens (tertiary/aromatic N) is 1. The molecule has 0 aromatic heterocycles. The molecule has 1 aromatic carbocycles. The van der Waals surface area contributed by atoms with Crippen LogP contribution in [0.15, 0.2) is 29.2 Å². The lowest BCUT2D eigenvalue weighted by atomic mass is 10.2. The second-order valence-electron chi connectivity index (χ2n) is 5.02. The maximum absolute atomic E-state index is 11.9. The molecule has 1 rings (SSSR count). The van der Waals surface area contributed by atoms with Crippen molar-refractivity contribution in [3.05, 3.63) is 24.3 Å². The Balaban J connectivity index is 2.77. The van der Waals surface area contributed by atoms with Gasteiger partial charge in [-0.3, -0.25) is 4.79 Å². The fourth-order valence-electron chi connectivity index (χ4n) is 1.75. The van der Waals surface area contributed by atoms with Crippen molar-refractivity contribution >= 4 is 21.6 Å². The number of amides is 1. The zero-order chi connectivity index (χ0) is 16.0. The molecular formula is C14H23N3O3S. The van der Waals surface area contributed by atoms with Gasteiger partial charge in [-0.2, -0.15) is 0 Å². The number of anilines is 1. The lowest BCUT2D eigenvalue weighted by Crippen LogP contribution is -2.36. The molecule has 0 saturated heterocycles. The summed E-state index contributed by atoms with van der Waals surface area (Å²) in [4.78, 5) is 13.5. The molecule has 2 N–H and O–H groups in total. The highest BCUT2D eigenvalue weighted by Gasteiger charge is 2.16. The van der Waals surface area contributed by atoms with Crippen molar-refractivity contribution in [1.82, 2.24) is 9.62 Å². The Labute approximate surface area is 126 Å². The summed E-state index contributed by atoms with van der Waals surface area (Å²) in [5.74, 6) is -0.0451. The van der Waals surface area contributed by atoms with E-state index in [-0.39, 0.29) is 16.8 Å². The van der Waals surface area contributed by atoms with Gasteiger partial charge in [-0.25, -0.2) is 13.1 Å². The van der Waals surface area contributed by atoms with E-state index in [9.17, 15) is 13.2 Å². The van der Waals surface area contributed by atoms with E-state index in [0.717, 1.165) is 6.42 Å². The number of carbonyl (C=O) groups excluding carboxylic acids is 1. The SMILES string of the molecule is CCCNS(=O)(=O)c1ccc(NC(C)C(=O)N(C)C)cc1. The van der Waals surface area contributed by atoms with Crippen LogP contribution in [0.1, 0.15) is 20.3 Å². The highest BCUT2D eigenvalue weighted by molar-refractivity contribution is 7.89. The molecule has 1 amide bonds. The summed E-state index contributed by atoms with van der Waals surface area (Å²) >= 11 is 0. The van der Waals surface area contributed by atoms with E-state index in [4.69, 9.17) is 0 Å². The third-order valence-electron chi connectivity index (χ3n) is 2.90. The average molecular weight is 313 g/mol. The monoisotopic (exact) mass is 313 g/mol. The van der Waals surface area contributed by atoms with Crippen molar-refractivity contribution in [1.29, 1.82) is 0 Å². The summed E-state index contributed by atoms with van der Waals surface area (Å²) in [5, 5.41) is 3.04.